The van der Waals surface area contributed by atoms with Gasteiger partial charge in [0.15, 0.2) is 11.5 Å². The molecule has 3 rings (SSSR count). The van der Waals surface area contributed by atoms with Gasteiger partial charge in [0.2, 0.25) is 0 Å². The Balaban J connectivity index is 1.57. The van der Waals surface area contributed by atoms with Gasteiger partial charge >= 0.3 is 5.97 Å². The maximum Gasteiger partial charge on any atom is 0.333 e. The van der Waals surface area contributed by atoms with Crippen LogP contribution < -0.4 is 9.47 Å². The minimum Gasteiger partial charge on any atom is -0.487 e. The first kappa shape index (κ1) is 25.0. The number of benzene rings is 1. The number of ether oxygens (including phenoxy) is 3. The second-order valence-electron chi connectivity index (χ2n) is 9.22. The van der Waals surface area contributed by atoms with Crippen molar-refractivity contribution in [2.75, 3.05) is 26.4 Å². The zero-order chi connectivity index (χ0) is 22.9. The van der Waals surface area contributed by atoms with Crippen molar-refractivity contribution >= 4 is 18.6 Å². The van der Waals surface area contributed by atoms with Crippen LogP contribution in [0.3, 0.4) is 0 Å². The molecule has 32 heavy (non-hydrogen) atoms. The molecule has 178 valence electrons. The van der Waals surface area contributed by atoms with Gasteiger partial charge in [0.05, 0.1) is 6.61 Å². The van der Waals surface area contributed by atoms with Crippen molar-refractivity contribution in [3.63, 3.8) is 0 Å². The van der Waals surface area contributed by atoms with E-state index in [1.807, 2.05) is 6.07 Å². The van der Waals surface area contributed by atoms with Gasteiger partial charge < -0.3 is 19.3 Å². The molecular formula is C26H38O5S. The molecule has 1 N–H and O–H groups in total. The molecule has 0 aliphatic heterocycles. The lowest BCUT2D eigenvalue weighted by atomic mass is 9.70. The van der Waals surface area contributed by atoms with Gasteiger partial charge in [-0.3, -0.25) is 0 Å². The minimum atomic E-state index is -0.418. The van der Waals surface area contributed by atoms with Gasteiger partial charge in [0.1, 0.15) is 19.8 Å². The van der Waals surface area contributed by atoms with Crippen molar-refractivity contribution in [1.82, 2.24) is 0 Å². The number of carbonyl (C=O) groups is 1. The number of esters is 1. The molecule has 2 saturated carbocycles. The second-order valence-corrected chi connectivity index (χ2v) is 9.95. The monoisotopic (exact) mass is 462 g/mol. The lowest BCUT2D eigenvalue weighted by Crippen LogP contribution is -2.25. The molecular weight excluding hydrogens is 424 g/mol. The Morgan fingerprint density at radius 1 is 0.969 bits per heavy atom. The molecule has 0 heterocycles. The number of carbonyl (C=O) groups excluding carboxylic acids is 1. The molecule has 0 spiro atoms. The molecule has 5 nitrogen and oxygen atoms in total. The van der Waals surface area contributed by atoms with Gasteiger partial charge in [-0.1, -0.05) is 12.6 Å². The van der Waals surface area contributed by atoms with Crippen molar-refractivity contribution in [1.29, 1.82) is 0 Å². The summed E-state index contributed by atoms with van der Waals surface area (Å²) in [7, 11) is 0. The van der Waals surface area contributed by atoms with Gasteiger partial charge in [0.25, 0.3) is 0 Å². The fraction of sp³-hybridized carbons (Fsp3) is 0.654. The smallest absolute Gasteiger partial charge is 0.333 e. The third-order valence-corrected chi connectivity index (χ3v) is 7.41. The van der Waals surface area contributed by atoms with Crippen LogP contribution in [-0.2, 0) is 9.53 Å². The number of hydrogen-bond donors (Lipinski definition) is 2. The van der Waals surface area contributed by atoms with Crippen LogP contribution in [0.15, 0.2) is 30.4 Å². The summed E-state index contributed by atoms with van der Waals surface area (Å²) in [5.74, 6) is 3.09. The predicted molar refractivity (Wildman–Crippen MR) is 130 cm³/mol. The largest absolute Gasteiger partial charge is 0.487 e. The number of aliphatic hydroxyl groups excluding tert-OH is 1. The van der Waals surface area contributed by atoms with Crippen LogP contribution in [0.1, 0.15) is 69.8 Å². The molecule has 0 atom stereocenters. The summed E-state index contributed by atoms with van der Waals surface area (Å²) in [6, 6.07) is 6.11. The molecule has 6 heteroatoms. The lowest BCUT2D eigenvalue weighted by Gasteiger charge is -2.37. The summed E-state index contributed by atoms with van der Waals surface area (Å²) in [5.41, 5.74) is 1.64. The molecule has 1 aromatic carbocycles. The summed E-state index contributed by atoms with van der Waals surface area (Å²) < 4.78 is 16.7. The Labute approximate surface area is 197 Å². The van der Waals surface area contributed by atoms with E-state index in [9.17, 15) is 4.79 Å². The molecule has 2 aliphatic carbocycles. The quantitative estimate of drug-likeness (QED) is 0.213. The highest BCUT2D eigenvalue weighted by Crippen LogP contribution is 2.44. The highest BCUT2D eigenvalue weighted by Gasteiger charge is 2.30. The first-order chi connectivity index (χ1) is 15.5. The Hall–Kier alpha value is -1.66. The normalized spacial score (nSPS) is 25.7. The minimum absolute atomic E-state index is 0.0590. The fourth-order valence-corrected chi connectivity index (χ4v) is 5.37. The van der Waals surface area contributed by atoms with Crippen molar-refractivity contribution in [3.8, 4) is 11.5 Å². The van der Waals surface area contributed by atoms with Crippen LogP contribution in [0.25, 0.3) is 0 Å². The summed E-state index contributed by atoms with van der Waals surface area (Å²) >= 11 is 4.65. The highest BCUT2D eigenvalue weighted by atomic mass is 32.1. The topological polar surface area (TPSA) is 65.0 Å². The summed E-state index contributed by atoms with van der Waals surface area (Å²) in [4.78, 5) is 11.5. The maximum absolute atomic E-state index is 11.5. The van der Waals surface area contributed by atoms with Gasteiger partial charge in [-0.15, -0.1) is 0 Å². The molecule has 0 aromatic heterocycles. The van der Waals surface area contributed by atoms with Crippen molar-refractivity contribution in [3.05, 3.63) is 35.9 Å². The zero-order valence-corrected chi connectivity index (χ0v) is 20.2. The lowest BCUT2D eigenvalue weighted by molar-refractivity contribution is -0.139. The van der Waals surface area contributed by atoms with E-state index < -0.39 is 5.97 Å². The fourth-order valence-electron chi connectivity index (χ4n) is 5.07. The third-order valence-electron chi connectivity index (χ3n) is 6.89. The highest BCUT2D eigenvalue weighted by molar-refractivity contribution is 7.80. The molecule has 0 radical (unpaired) electrons. The number of hydrogen-bond acceptors (Lipinski definition) is 6. The van der Waals surface area contributed by atoms with Crippen molar-refractivity contribution < 1.29 is 24.1 Å². The van der Waals surface area contributed by atoms with Gasteiger partial charge in [0, 0.05) is 10.8 Å². The third kappa shape index (κ3) is 7.17. The first-order valence-electron chi connectivity index (χ1n) is 12.0. The van der Waals surface area contributed by atoms with E-state index in [0.29, 0.717) is 28.2 Å². The zero-order valence-electron chi connectivity index (χ0n) is 19.3. The molecule has 0 amide bonds. The van der Waals surface area contributed by atoms with Gasteiger partial charge in [-0.25, -0.2) is 4.79 Å². The first-order valence-corrected chi connectivity index (χ1v) is 12.5. The number of aliphatic hydroxyl groups is 1. The molecule has 0 saturated heterocycles. The maximum atomic E-state index is 11.5. The molecule has 2 aliphatic rings. The Kier molecular flexibility index (Phi) is 9.79. The van der Waals surface area contributed by atoms with E-state index in [0.717, 1.165) is 11.8 Å². The van der Waals surface area contributed by atoms with E-state index in [4.69, 9.17) is 19.3 Å². The molecule has 1 aromatic rings. The Morgan fingerprint density at radius 2 is 1.59 bits per heavy atom. The number of thiol groups is 1. The van der Waals surface area contributed by atoms with E-state index in [1.165, 1.54) is 56.9 Å². The summed E-state index contributed by atoms with van der Waals surface area (Å²) in [6.45, 7) is 5.73. The molecule has 0 unspecified atom stereocenters. The van der Waals surface area contributed by atoms with Crippen molar-refractivity contribution in [2.45, 2.75) is 69.5 Å². The molecule has 0 bridgehead atoms. The van der Waals surface area contributed by atoms with E-state index in [-0.39, 0.29) is 26.4 Å². The summed E-state index contributed by atoms with van der Waals surface area (Å²) in [6.07, 6.45) is 10.2. The Bertz CT molecular complexity index is 749. The van der Waals surface area contributed by atoms with Gasteiger partial charge in [-0.2, -0.15) is 12.6 Å². The van der Waals surface area contributed by atoms with Crippen LogP contribution in [0.2, 0.25) is 0 Å². The van der Waals surface area contributed by atoms with E-state index >= 15 is 0 Å². The van der Waals surface area contributed by atoms with Crippen LogP contribution in [-0.4, -0.2) is 42.8 Å². The number of rotatable bonds is 10. The van der Waals surface area contributed by atoms with Crippen molar-refractivity contribution in [2.24, 2.45) is 11.8 Å². The van der Waals surface area contributed by atoms with E-state index in [2.05, 4.69) is 31.3 Å². The predicted octanol–water partition coefficient (Wildman–Crippen LogP) is 5.32. The molecule has 2 fully saturated rings. The van der Waals surface area contributed by atoms with Crippen LogP contribution in [0.5, 0.6) is 11.5 Å². The Morgan fingerprint density at radius 3 is 2.22 bits per heavy atom. The second kappa shape index (κ2) is 12.5. The van der Waals surface area contributed by atoms with Crippen LogP contribution in [0.4, 0.5) is 0 Å². The van der Waals surface area contributed by atoms with E-state index in [1.54, 1.807) is 6.92 Å². The van der Waals surface area contributed by atoms with Crippen LogP contribution >= 0.6 is 12.6 Å². The SMILES string of the molecule is C=C(C)C(=O)OCCOc1cc(C2CCC(C3CCC(S)CC3)CC2)ccc1OCCO. The van der Waals surface area contributed by atoms with Gasteiger partial charge in [-0.05, 0) is 93.7 Å². The summed E-state index contributed by atoms with van der Waals surface area (Å²) in [5, 5.41) is 9.72. The standard InChI is InChI=1S/C26H38O5S/c1-18(2)26(28)31-16-15-30-25-17-22(9-12-24(25)29-14-13-27)21-5-3-19(4-6-21)20-7-10-23(32)11-8-20/h9,12,17,19-21,23,27,32H,1,3-8,10-11,13-16H2,2H3. The average Bonchev–Trinajstić information content (AvgIpc) is 2.81. The van der Waals surface area contributed by atoms with Crippen LogP contribution in [0, 0.1) is 11.8 Å². The average molecular weight is 463 g/mol.